The van der Waals surface area contributed by atoms with Gasteiger partial charge < -0.3 is 5.73 Å². The molecule has 0 amide bonds. The lowest BCUT2D eigenvalue weighted by molar-refractivity contribution is 0.168. The minimum absolute atomic E-state index is 0.0104. The van der Waals surface area contributed by atoms with E-state index >= 15 is 0 Å². The van der Waals surface area contributed by atoms with Crippen LogP contribution in [0.15, 0.2) is 36.5 Å². The van der Waals surface area contributed by atoms with E-state index in [0.717, 1.165) is 10.9 Å². The Labute approximate surface area is 94.3 Å². The van der Waals surface area contributed by atoms with E-state index in [1.807, 2.05) is 30.3 Å². The number of para-hydroxylation sites is 1. The molecule has 16 heavy (non-hydrogen) atoms. The molecule has 0 aliphatic carbocycles. The van der Waals surface area contributed by atoms with Crippen LogP contribution in [0.5, 0.6) is 0 Å². The summed E-state index contributed by atoms with van der Waals surface area (Å²) in [4.78, 5) is 4.25. The maximum absolute atomic E-state index is 14.3. The first kappa shape index (κ1) is 11.0. The third kappa shape index (κ3) is 1.78. The minimum atomic E-state index is -1.46. The predicted molar refractivity (Wildman–Crippen MR) is 63.9 cm³/mol. The second kappa shape index (κ2) is 4.18. The highest BCUT2D eigenvalue weighted by Gasteiger charge is 2.28. The standard InChI is InChI=1S/C13H15FN2/c1-2-13(14,9-15)11-7-10-5-3-4-6-12(10)16-8-11/h3-8H,2,9,15H2,1H3. The summed E-state index contributed by atoms with van der Waals surface area (Å²) in [6.07, 6.45) is 1.95. The molecule has 0 aliphatic heterocycles. The molecule has 0 radical (unpaired) electrons. The third-order valence-electron chi connectivity index (χ3n) is 2.99. The molecule has 2 rings (SSSR count). The van der Waals surface area contributed by atoms with Crippen LogP contribution in [0.25, 0.3) is 10.9 Å². The maximum atomic E-state index is 14.3. The lowest BCUT2D eigenvalue weighted by atomic mass is 9.93. The molecular weight excluding hydrogens is 203 g/mol. The van der Waals surface area contributed by atoms with Gasteiger partial charge in [-0.3, -0.25) is 4.98 Å². The molecule has 3 heteroatoms. The molecule has 1 aromatic heterocycles. The second-order valence-corrected chi connectivity index (χ2v) is 3.94. The topological polar surface area (TPSA) is 38.9 Å². The number of benzene rings is 1. The van der Waals surface area contributed by atoms with Gasteiger partial charge in [0.05, 0.1) is 5.52 Å². The van der Waals surface area contributed by atoms with Gasteiger partial charge in [-0.05, 0) is 18.6 Å². The number of hydrogen-bond acceptors (Lipinski definition) is 2. The summed E-state index contributed by atoms with van der Waals surface area (Å²) in [5.74, 6) is 0. The van der Waals surface area contributed by atoms with E-state index in [4.69, 9.17) is 5.73 Å². The number of hydrogen-bond donors (Lipinski definition) is 1. The highest BCUT2D eigenvalue weighted by atomic mass is 19.1. The number of nitrogens with zero attached hydrogens (tertiary/aromatic N) is 1. The third-order valence-corrected chi connectivity index (χ3v) is 2.99. The van der Waals surface area contributed by atoms with Gasteiger partial charge in [0.15, 0.2) is 0 Å². The summed E-state index contributed by atoms with van der Waals surface area (Å²) in [7, 11) is 0. The van der Waals surface area contributed by atoms with Crippen LogP contribution in [0.3, 0.4) is 0 Å². The van der Waals surface area contributed by atoms with Crippen molar-refractivity contribution in [2.75, 3.05) is 6.54 Å². The van der Waals surface area contributed by atoms with Crippen molar-refractivity contribution in [3.8, 4) is 0 Å². The second-order valence-electron chi connectivity index (χ2n) is 3.94. The summed E-state index contributed by atoms with van der Waals surface area (Å²) < 4.78 is 14.3. The van der Waals surface area contributed by atoms with Crippen molar-refractivity contribution in [1.29, 1.82) is 0 Å². The summed E-state index contributed by atoms with van der Waals surface area (Å²) >= 11 is 0. The zero-order valence-corrected chi connectivity index (χ0v) is 9.28. The largest absolute Gasteiger partial charge is 0.327 e. The highest BCUT2D eigenvalue weighted by Crippen LogP contribution is 2.29. The van der Waals surface area contributed by atoms with Crippen LogP contribution < -0.4 is 5.73 Å². The fourth-order valence-corrected chi connectivity index (χ4v) is 1.78. The Morgan fingerprint density at radius 2 is 2.12 bits per heavy atom. The zero-order valence-electron chi connectivity index (χ0n) is 9.28. The first-order chi connectivity index (χ1) is 7.69. The molecule has 0 aliphatic rings. The summed E-state index contributed by atoms with van der Waals surface area (Å²) in [5.41, 5.74) is 5.47. The number of fused-ring (bicyclic) bond motifs is 1. The van der Waals surface area contributed by atoms with Gasteiger partial charge in [-0.2, -0.15) is 0 Å². The fraction of sp³-hybridized carbons (Fsp3) is 0.308. The maximum Gasteiger partial charge on any atom is 0.149 e. The van der Waals surface area contributed by atoms with Crippen LogP contribution in [-0.2, 0) is 5.67 Å². The lowest BCUT2D eigenvalue weighted by Gasteiger charge is -2.22. The van der Waals surface area contributed by atoms with Gasteiger partial charge in [0, 0.05) is 23.7 Å². The van der Waals surface area contributed by atoms with E-state index in [1.54, 1.807) is 13.1 Å². The Hall–Kier alpha value is -1.48. The average Bonchev–Trinajstić information content (AvgIpc) is 2.37. The SMILES string of the molecule is CCC(F)(CN)c1cnc2ccccc2c1. The normalized spacial score (nSPS) is 14.9. The van der Waals surface area contributed by atoms with E-state index in [9.17, 15) is 4.39 Å². The van der Waals surface area contributed by atoms with E-state index < -0.39 is 5.67 Å². The Kier molecular flexibility index (Phi) is 2.88. The van der Waals surface area contributed by atoms with Gasteiger partial charge >= 0.3 is 0 Å². The van der Waals surface area contributed by atoms with Crippen molar-refractivity contribution in [2.24, 2.45) is 5.73 Å². The number of rotatable bonds is 3. The van der Waals surface area contributed by atoms with Gasteiger partial charge in [0.2, 0.25) is 0 Å². The number of pyridine rings is 1. The summed E-state index contributed by atoms with van der Waals surface area (Å²) in [6, 6.07) is 9.51. The van der Waals surface area contributed by atoms with Crippen molar-refractivity contribution in [3.63, 3.8) is 0 Å². The minimum Gasteiger partial charge on any atom is -0.327 e. The molecule has 84 valence electrons. The molecule has 1 heterocycles. The molecule has 1 unspecified atom stereocenters. The van der Waals surface area contributed by atoms with Gasteiger partial charge in [0.25, 0.3) is 0 Å². The lowest BCUT2D eigenvalue weighted by Crippen LogP contribution is -2.29. The van der Waals surface area contributed by atoms with Crippen LogP contribution in [-0.4, -0.2) is 11.5 Å². The zero-order chi connectivity index (χ0) is 11.6. The molecule has 1 atom stereocenters. The Morgan fingerprint density at radius 3 is 2.81 bits per heavy atom. The average molecular weight is 218 g/mol. The highest BCUT2D eigenvalue weighted by molar-refractivity contribution is 5.78. The molecule has 2 N–H and O–H groups in total. The molecular formula is C13H15FN2. The van der Waals surface area contributed by atoms with Crippen molar-refractivity contribution in [3.05, 3.63) is 42.1 Å². The van der Waals surface area contributed by atoms with Gasteiger partial charge in [0.1, 0.15) is 5.67 Å². The quantitative estimate of drug-likeness (QED) is 0.860. The van der Waals surface area contributed by atoms with Gasteiger partial charge in [-0.1, -0.05) is 25.1 Å². The van der Waals surface area contributed by atoms with E-state index in [1.165, 1.54) is 0 Å². The van der Waals surface area contributed by atoms with Crippen LogP contribution in [0.2, 0.25) is 0 Å². The Balaban J connectivity index is 2.54. The van der Waals surface area contributed by atoms with E-state index in [0.29, 0.717) is 12.0 Å². The van der Waals surface area contributed by atoms with E-state index in [2.05, 4.69) is 4.98 Å². The molecule has 0 fully saturated rings. The van der Waals surface area contributed by atoms with Gasteiger partial charge in [-0.25, -0.2) is 4.39 Å². The first-order valence-corrected chi connectivity index (χ1v) is 5.44. The number of nitrogens with two attached hydrogens (primary N) is 1. The van der Waals surface area contributed by atoms with Gasteiger partial charge in [-0.15, -0.1) is 0 Å². The van der Waals surface area contributed by atoms with E-state index in [-0.39, 0.29) is 6.54 Å². The number of halogens is 1. The number of alkyl halides is 1. The molecule has 0 spiro atoms. The molecule has 2 aromatic rings. The monoisotopic (exact) mass is 218 g/mol. The molecule has 2 nitrogen and oxygen atoms in total. The molecule has 0 bridgehead atoms. The van der Waals surface area contributed by atoms with Crippen LogP contribution in [0.4, 0.5) is 4.39 Å². The number of aromatic nitrogens is 1. The first-order valence-electron chi connectivity index (χ1n) is 5.44. The Morgan fingerprint density at radius 1 is 1.38 bits per heavy atom. The van der Waals surface area contributed by atoms with Crippen molar-refractivity contribution in [2.45, 2.75) is 19.0 Å². The fourth-order valence-electron chi connectivity index (χ4n) is 1.78. The van der Waals surface area contributed by atoms with Crippen molar-refractivity contribution in [1.82, 2.24) is 4.98 Å². The van der Waals surface area contributed by atoms with Crippen molar-refractivity contribution >= 4 is 10.9 Å². The van der Waals surface area contributed by atoms with Crippen LogP contribution in [0.1, 0.15) is 18.9 Å². The Bertz CT molecular complexity index is 492. The summed E-state index contributed by atoms with van der Waals surface area (Å²) in [6.45, 7) is 1.78. The molecule has 1 aromatic carbocycles. The smallest absolute Gasteiger partial charge is 0.149 e. The predicted octanol–water partition coefficient (Wildman–Crippen LogP) is 2.77. The van der Waals surface area contributed by atoms with Crippen LogP contribution >= 0.6 is 0 Å². The molecule has 0 saturated heterocycles. The summed E-state index contributed by atoms with van der Waals surface area (Å²) in [5, 5.41) is 0.948. The van der Waals surface area contributed by atoms with Crippen LogP contribution in [0, 0.1) is 0 Å². The molecule has 0 saturated carbocycles. The van der Waals surface area contributed by atoms with Crippen molar-refractivity contribution < 1.29 is 4.39 Å².